The van der Waals surface area contributed by atoms with Crippen LogP contribution in [-0.4, -0.2) is 17.8 Å². The van der Waals surface area contributed by atoms with Crippen LogP contribution in [-0.2, 0) is 0 Å². The quantitative estimate of drug-likeness (QED) is 0.679. The molecule has 0 unspecified atom stereocenters. The Bertz CT molecular complexity index is 202. The lowest BCUT2D eigenvalue weighted by atomic mass is 9.45. The predicted octanol–water partition coefficient (Wildman–Crippen LogP) is 1.38. The zero-order valence-electron chi connectivity index (χ0n) is 8.66. The second-order valence-corrected chi connectivity index (χ2v) is 5.45. The lowest BCUT2D eigenvalue weighted by molar-refractivity contribution is -0.107. The Hall–Kier alpha value is -0.0800. The van der Waals surface area contributed by atoms with E-state index in [1.165, 1.54) is 12.8 Å². The minimum absolute atomic E-state index is 0.304. The predicted molar refractivity (Wildman–Crippen MR) is 53.2 cm³/mol. The largest absolute Gasteiger partial charge is 0.396 e. The maximum absolute atomic E-state index is 8.91. The Morgan fingerprint density at radius 3 is 2.54 bits per heavy atom. The molecule has 0 aromatic heterocycles. The lowest BCUT2D eigenvalue weighted by Crippen LogP contribution is -2.61. The van der Waals surface area contributed by atoms with Gasteiger partial charge in [0, 0.05) is 12.6 Å². The molecule has 0 saturated heterocycles. The van der Waals surface area contributed by atoms with E-state index in [4.69, 9.17) is 10.8 Å². The molecule has 3 N–H and O–H groups in total. The fraction of sp³-hybridized carbons (Fsp3) is 1.00. The third-order valence-corrected chi connectivity index (χ3v) is 4.64. The van der Waals surface area contributed by atoms with Crippen molar-refractivity contribution >= 4 is 0 Å². The first-order chi connectivity index (χ1) is 6.07. The van der Waals surface area contributed by atoms with Crippen molar-refractivity contribution in [2.75, 3.05) is 6.61 Å². The smallest absolute Gasteiger partial charge is 0.0434 e. The van der Waals surface area contributed by atoms with Gasteiger partial charge in [0.2, 0.25) is 0 Å². The van der Waals surface area contributed by atoms with Crippen molar-refractivity contribution in [3.05, 3.63) is 0 Å². The molecule has 4 atom stereocenters. The number of rotatable bonds is 2. The molecule has 76 valence electrons. The van der Waals surface area contributed by atoms with Gasteiger partial charge in [-0.2, -0.15) is 0 Å². The fourth-order valence-corrected chi connectivity index (χ4v) is 3.44. The summed E-state index contributed by atoms with van der Waals surface area (Å²) in [5.74, 6) is 2.17. The first kappa shape index (κ1) is 9.47. The molecular weight excluding hydrogens is 162 g/mol. The van der Waals surface area contributed by atoms with Crippen molar-refractivity contribution in [3.63, 3.8) is 0 Å². The van der Waals surface area contributed by atoms with E-state index in [-0.39, 0.29) is 0 Å². The molecule has 3 rings (SSSR count). The second kappa shape index (κ2) is 2.96. The van der Waals surface area contributed by atoms with Gasteiger partial charge in [-0.05, 0) is 42.4 Å². The molecule has 0 spiro atoms. The van der Waals surface area contributed by atoms with Crippen molar-refractivity contribution < 1.29 is 5.11 Å². The van der Waals surface area contributed by atoms with E-state index < -0.39 is 0 Å². The van der Waals surface area contributed by atoms with Crippen molar-refractivity contribution in [2.45, 2.75) is 39.2 Å². The molecular formula is C11H21NO. The molecule has 0 aromatic carbocycles. The lowest BCUT2D eigenvalue weighted by Gasteiger charge is -2.61. The molecule has 2 bridgehead atoms. The Morgan fingerprint density at radius 1 is 1.38 bits per heavy atom. The van der Waals surface area contributed by atoms with Crippen LogP contribution in [0, 0.1) is 23.2 Å². The highest BCUT2D eigenvalue weighted by molar-refractivity contribution is 5.07. The highest BCUT2D eigenvalue weighted by Gasteiger charge is 2.56. The van der Waals surface area contributed by atoms with Crippen molar-refractivity contribution in [2.24, 2.45) is 28.9 Å². The summed E-state index contributed by atoms with van der Waals surface area (Å²) in [4.78, 5) is 0. The maximum atomic E-state index is 8.91. The van der Waals surface area contributed by atoms with Gasteiger partial charge in [0.25, 0.3) is 0 Å². The molecule has 0 amide bonds. The SMILES string of the molecule is CC1(C)[C@@H]2C[C@@H](CCO)[C@@H](N)[C@H]1C2. The molecule has 2 heteroatoms. The number of aliphatic hydroxyl groups excluding tert-OH is 1. The average molecular weight is 183 g/mol. The summed E-state index contributed by atoms with van der Waals surface area (Å²) in [7, 11) is 0. The summed E-state index contributed by atoms with van der Waals surface area (Å²) in [6, 6.07) is 0.340. The number of hydrogen-bond donors (Lipinski definition) is 2. The molecule has 13 heavy (non-hydrogen) atoms. The molecule has 0 aromatic rings. The molecule has 2 nitrogen and oxygen atoms in total. The van der Waals surface area contributed by atoms with Gasteiger partial charge in [-0.15, -0.1) is 0 Å². The molecule has 3 saturated carbocycles. The zero-order valence-corrected chi connectivity index (χ0v) is 8.66. The molecule has 3 aliphatic rings. The maximum Gasteiger partial charge on any atom is 0.0434 e. The summed E-state index contributed by atoms with van der Waals surface area (Å²) in [6.45, 7) is 5.00. The van der Waals surface area contributed by atoms with Gasteiger partial charge < -0.3 is 10.8 Å². The molecule has 0 aliphatic heterocycles. The highest BCUT2D eigenvalue weighted by Crippen LogP contribution is 2.60. The van der Waals surface area contributed by atoms with Crippen LogP contribution in [0.2, 0.25) is 0 Å². The third kappa shape index (κ3) is 1.23. The van der Waals surface area contributed by atoms with Crippen LogP contribution >= 0.6 is 0 Å². The van der Waals surface area contributed by atoms with Crippen molar-refractivity contribution in [3.8, 4) is 0 Å². The van der Waals surface area contributed by atoms with Crippen LogP contribution in [0.3, 0.4) is 0 Å². The van der Waals surface area contributed by atoms with Gasteiger partial charge >= 0.3 is 0 Å². The van der Waals surface area contributed by atoms with Gasteiger partial charge in [-0.1, -0.05) is 13.8 Å². The first-order valence-corrected chi connectivity index (χ1v) is 5.43. The van der Waals surface area contributed by atoms with Gasteiger partial charge in [0.05, 0.1) is 0 Å². The molecule has 3 aliphatic carbocycles. The molecule has 0 radical (unpaired) electrons. The van der Waals surface area contributed by atoms with E-state index in [2.05, 4.69) is 13.8 Å². The van der Waals surface area contributed by atoms with Gasteiger partial charge in [0.1, 0.15) is 0 Å². The third-order valence-electron chi connectivity index (χ3n) is 4.64. The van der Waals surface area contributed by atoms with Crippen LogP contribution in [0.5, 0.6) is 0 Å². The monoisotopic (exact) mass is 183 g/mol. The second-order valence-electron chi connectivity index (χ2n) is 5.45. The Balaban J connectivity index is 2.03. The van der Waals surface area contributed by atoms with Crippen LogP contribution < -0.4 is 5.73 Å². The summed E-state index contributed by atoms with van der Waals surface area (Å²) in [6.07, 6.45) is 3.48. The Kier molecular flexibility index (Phi) is 2.16. The molecule has 3 fully saturated rings. The summed E-state index contributed by atoms with van der Waals surface area (Å²) >= 11 is 0. The Labute approximate surface area is 80.5 Å². The summed E-state index contributed by atoms with van der Waals surface area (Å²) in [5, 5.41) is 8.91. The average Bonchev–Trinajstić information content (AvgIpc) is 2.08. The minimum atomic E-state index is 0.304. The number of hydrogen-bond acceptors (Lipinski definition) is 2. The van der Waals surface area contributed by atoms with E-state index in [9.17, 15) is 0 Å². The van der Waals surface area contributed by atoms with E-state index in [1.807, 2.05) is 0 Å². The minimum Gasteiger partial charge on any atom is -0.396 e. The van der Waals surface area contributed by atoms with E-state index >= 15 is 0 Å². The number of nitrogens with two attached hydrogens (primary N) is 1. The van der Waals surface area contributed by atoms with Crippen molar-refractivity contribution in [1.82, 2.24) is 0 Å². The van der Waals surface area contributed by atoms with Gasteiger partial charge in [0.15, 0.2) is 0 Å². The fourth-order valence-electron chi connectivity index (χ4n) is 3.44. The van der Waals surface area contributed by atoms with Crippen LogP contribution in [0.1, 0.15) is 33.1 Å². The van der Waals surface area contributed by atoms with Crippen LogP contribution in [0.15, 0.2) is 0 Å². The van der Waals surface area contributed by atoms with Gasteiger partial charge in [-0.3, -0.25) is 0 Å². The number of aliphatic hydroxyl groups is 1. The topological polar surface area (TPSA) is 46.2 Å². The molecule has 0 heterocycles. The zero-order chi connectivity index (χ0) is 9.64. The van der Waals surface area contributed by atoms with Gasteiger partial charge in [-0.25, -0.2) is 0 Å². The first-order valence-electron chi connectivity index (χ1n) is 5.43. The highest BCUT2D eigenvalue weighted by atomic mass is 16.3. The van der Waals surface area contributed by atoms with E-state index in [0.717, 1.165) is 12.3 Å². The van der Waals surface area contributed by atoms with E-state index in [0.29, 0.717) is 29.9 Å². The summed E-state index contributed by atoms with van der Waals surface area (Å²) in [5.41, 5.74) is 6.69. The Morgan fingerprint density at radius 2 is 2.08 bits per heavy atom. The number of fused-ring (bicyclic) bond motifs is 2. The van der Waals surface area contributed by atoms with Crippen molar-refractivity contribution in [1.29, 1.82) is 0 Å². The summed E-state index contributed by atoms with van der Waals surface area (Å²) < 4.78 is 0. The van der Waals surface area contributed by atoms with Crippen LogP contribution in [0.25, 0.3) is 0 Å². The van der Waals surface area contributed by atoms with Crippen LogP contribution in [0.4, 0.5) is 0 Å². The normalized spacial score (nSPS) is 47.1. The van der Waals surface area contributed by atoms with E-state index in [1.54, 1.807) is 0 Å². The standard InChI is InChI=1S/C11H21NO/c1-11(2)8-5-7(3-4-13)10(12)9(11)6-8/h7-10,13H,3-6,12H2,1-2H3/t7-,8-,9-,10-/m1/s1.